The lowest BCUT2D eigenvalue weighted by Crippen LogP contribution is -2.38. The number of aromatic nitrogens is 1. The molecular weight excluding hydrogens is 336 g/mol. The molecule has 0 spiro atoms. The zero-order chi connectivity index (χ0) is 17.9. The molecule has 0 saturated heterocycles. The third kappa shape index (κ3) is 7.27. The van der Waals surface area contributed by atoms with Gasteiger partial charge in [-0.2, -0.15) is 0 Å². The summed E-state index contributed by atoms with van der Waals surface area (Å²) >= 11 is 1.61. The van der Waals surface area contributed by atoms with Crippen molar-refractivity contribution < 1.29 is 9.15 Å². The van der Waals surface area contributed by atoms with Gasteiger partial charge in [-0.15, -0.1) is 11.3 Å². The van der Waals surface area contributed by atoms with E-state index in [9.17, 15) is 0 Å². The highest BCUT2D eigenvalue weighted by Crippen LogP contribution is 2.23. The van der Waals surface area contributed by atoms with Gasteiger partial charge in [-0.25, -0.2) is 9.98 Å². The minimum absolute atomic E-state index is 0.480. The molecule has 0 atom stereocenters. The molecule has 0 unspecified atom stereocenters. The zero-order valence-corrected chi connectivity index (χ0v) is 16.1. The monoisotopic (exact) mass is 364 g/mol. The predicted octanol–water partition coefficient (Wildman–Crippen LogP) is 3.52. The van der Waals surface area contributed by atoms with E-state index in [1.54, 1.807) is 17.6 Å². The molecule has 6 nitrogen and oxygen atoms in total. The van der Waals surface area contributed by atoms with E-state index in [2.05, 4.69) is 34.5 Å². The van der Waals surface area contributed by atoms with E-state index in [4.69, 9.17) is 9.15 Å². The van der Waals surface area contributed by atoms with Gasteiger partial charge in [0.1, 0.15) is 12.0 Å². The first-order valence-corrected chi connectivity index (χ1v) is 9.65. The molecule has 25 heavy (non-hydrogen) atoms. The summed E-state index contributed by atoms with van der Waals surface area (Å²) in [5, 5.41) is 8.56. The summed E-state index contributed by atoms with van der Waals surface area (Å²) in [6.45, 7) is 10.1. The highest BCUT2D eigenvalue weighted by Gasteiger charge is 2.07. The lowest BCUT2D eigenvalue weighted by atomic mass is 10.2. The molecule has 2 aromatic heterocycles. The Morgan fingerprint density at radius 2 is 2.28 bits per heavy atom. The summed E-state index contributed by atoms with van der Waals surface area (Å²) in [6, 6.07) is 3.98. The fourth-order valence-electron chi connectivity index (χ4n) is 2.09. The standard InChI is InChI=1S/C18H28N4O2S/c1-4-19-18(20-8-6-9-23-12-14(2)3)21-11-15-13-24-17(22-15)16-7-5-10-25-16/h5,7,10,13-14H,4,6,8-9,11-12H2,1-3H3,(H2,19,20,21). The summed E-state index contributed by atoms with van der Waals surface area (Å²) in [5.41, 5.74) is 0.820. The zero-order valence-electron chi connectivity index (χ0n) is 15.2. The van der Waals surface area contributed by atoms with Crippen LogP contribution in [0.1, 0.15) is 32.9 Å². The van der Waals surface area contributed by atoms with Crippen LogP contribution in [0.3, 0.4) is 0 Å². The molecular formula is C18H28N4O2S. The van der Waals surface area contributed by atoms with E-state index in [1.807, 2.05) is 24.4 Å². The van der Waals surface area contributed by atoms with E-state index in [-0.39, 0.29) is 0 Å². The number of nitrogens with zero attached hydrogens (tertiary/aromatic N) is 2. The predicted molar refractivity (Wildman–Crippen MR) is 103 cm³/mol. The van der Waals surface area contributed by atoms with Crippen molar-refractivity contribution in [1.29, 1.82) is 0 Å². The van der Waals surface area contributed by atoms with E-state index in [1.165, 1.54) is 0 Å². The van der Waals surface area contributed by atoms with Crippen LogP contribution in [0.2, 0.25) is 0 Å². The van der Waals surface area contributed by atoms with Crippen molar-refractivity contribution in [3.05, 3.63) is 29.5 Å². The normalized spacial score (nSPS) is 11.9. The number of hydrogen-bond donors (Lipinski definition) is 2. The molecule has 0 aliphatic heterocycles. The third-order valence-electron chi connectivity index (χ3n) is 3.24. The van der Waals surface area contributed by atoms with Crippen LogP contribution < -0.4 is 10.6 Å². The van der Waals surface area contributed by atoms with Gasteiger partial charge >= 0.3 is 0 Å². The van der Waals surface area contributed by atoms with Crippen molar-refractivity contribution in [3.8, 4) is 10.8 Å². The fourth-order valence-corrected chi connectivity index (χ4v) is 2.75. The van der Waals surface area contributed by atoms with E-state index in [0.717, 1.165) is 49.3 Å². The maximum absolute atomic E-state index is 5.58. The lowest BCUT2D eigenvalue weighted by Gasteiger charge is -2.11. The fraction of sp³-hybridized carbons (Fsp3) is 0.556. The summed E-state index contributed by atoms with van der Waals surface area (Å²) in [5.74, 6) is 2.01. The molecule has 2 rings (SSSR count). The molecule has 2 N–H and O–H groups in total. The molecule has 0 aliphatic carbocycles. The molecule has 0 aromatic carbocycles. The maximum Gasteiger partial charge on any atom is 0.236 e. The third-order valence-corrected chi connectivity index (χ3v) is 4.09. The van der Waals surface area contributed by atoms with Gasteiger partial charge < -0.3 is 19.8 Å². The van der Waals surface area contributed by atoms with Gasteiger partial charge in [-0.1, -0.05) is 19.9 Å². The summed E-state index contributed by atoms with van der Waals surface area (Å²) in [6.07, 6.45) is 2.62. The van der Waals surface area contributed by atoms with Gasteiger partial charge in [-0.05, 0) is 30.7 Å². The van der Waals surface area contributed by atoms with Crippen LogP contribution in [-0.4, -0.2) is 37.2 Å². The van der Waals surface area contributed by atoms with Crippen LogP contribution in [0.15, 0.2) is 33.2 Å². The summed E-state index contributed by atoms with van der Waals surface area (Å²) in [7, 11) is 0. The number of hydrogen-bond acceptors (Lipinski definition) is 5. The van der Waals surface area contributed by atoms with Gasteiger partial charge in [-0.3, -0.25) is 0 Å². The Morgan fingerprint density at radius 3 is 3.00 bits per heavy atom. The SMILES string of the molecule is CCNC(=NCc1coc(-c2cccs2)n1)NCCCOCC(C)C. The summed E-state index contributed by atoms with van der Waals surface area (Å²) < 4.78 is 11.1. The quantitative estimate of drug-likeness (QED) is 0.383. The van der Waals surface area contributed by atoms with Crippen LogP contribution in [0.5, 0.6) is 0 Å². The molecule has 0 aliphatic rings. The Labute approximate surface area is 153 Å². The number of ether oxygens (including phenoxy) is 1. The number of thiophene rings is 1. The van der Waals surface area contributed by atoms with Crippen molar-refractivity contribution in [1.82, 2.24) is 15.6 Å². The second kappa shape index (κ2) is 10.9. The lowest BCUT2D eigenvalue weighted by molar-refractivity contribution is 0.108. The Balaban J connectivity index is 1.77. The average Bonchev–Trinajstić information content (AvgIpc) is 3.26. The average molecular weight is 365 g/mol. The molecule has 2 heterocycles. The summed E-state index contributed by atoms with van der Waals surface area (Å²) in [4.78, 5) is 10.1. The molecule has 2 aromatic rings. The molecule has 0 fully saturated rings. The van der Waals surface area contributed by atoms with Gasteiger partial charge in [0.15, 0.2) is 5.96 Å². The first-order valence-electron chi connectivity index (χ1n) is 8.77. The molecule has 7 heteroatoms. The van der Waals surface area contributed by atoms with Gasteiger partial charge in [0.2, 0.25) is 5.89 Å². The Bertz CT molecular complexity index is 623. The first kappa shape index (κ1) is 19.5. The van der Waals surface area contributed by atoms with Crippen LogP contribution in [-0.2, 0) is 11.3 Å². The van der Waals surface area contributed by atoms with Crippen molar-refractivity contribution >= 4 is 17.3 Å². The van der Waals surface area contributed by atoms with E-state index in [0.29, 0.717) is 18.4 Å². The van der Waals surface area contributed by atoms with Crippen molar-refractivity contribution in [3.63, 3.8) is 0 Å². The molecule has 138 valence electrons. The Hall–Kier alpha value is -1.86. The first-order chi connectivity index (χ1) is 12.2. The van der Waals surface area contributed by atoms with Crippen molar-refractivity contribution in [2.75, 3.05) is 26.3 Å². The Kier molecular flexibility index (Phi) is 8.48. The van der Waals surface area contributed by atoms with Crippen molar-refractivity contribution in [2.45, 2.75) is 33.7 Å². The van der Waals surface area contributed by atoms with Gasteiger partial charge in [0.25, 0.3) is 0 Å². The number of oxazole rings is 1. The largest absolute Gasteiger partial charge is 0.443 e. The second-order valence-corrected chi connectivity index (χ2v) is 7.01. The van der Waals surface area contributed by atoms with Crippen LogP contribution in [0.4, 0.5) is 0 Å². The van der Waals surface area contributed by atoms with Crippen LogP contribution >= 0.6 is 11.3 Å². The smallest absolute Gasteiger partial charge is 0.236 e. The van der Waals surface area contributed by atoms with Gasteiger partial charge in [0, 0.05) is 26.3 Å². The molecule has 0 radical (unpaired) electrons. The van der Waals surface area contributed by atoms with Crippen LogP contribution in [0.25, 0.3) is 10.8 Å². The minimum Gasteiger partial charge on any atom is -0.443 e. The van der Waals surface area contributed by atoms with Gasteiger partial charge in [0.05, 0.1) is 11.4 Å². The topological polar surface area (TPSA) is 71.7 Å². The maximum atomic E-state index is 5.58. The van der Waals surface area contributed by atoms with Crippen molar-refractivity contribution in [2.24, 2.45) is 10.9 Å². The van der Waals surface area contributed by atoms with E-state index >= 15 is 0 Å². The van der Waals surface area contributed by atoms with E-state index < -0.39 is 0 Å². The molecule has 0 amide bonds. The second-order valence-electron chi connectivity index (χ2n) is 6.07. The number of guanidine groups is 1. The number of aliphatic imine (C=N–C) groups is 1. The molecule has 0 saturated carbocycles. The highest BCUT2D eigenvalue weighted by atomic mass is 32.1. The van der Waals surface area contributed by atoms with Crippen LogP contribution in [0, 0.1) is 5.92 Å². The number of nitrogens with one attached hydrogen (secondary N) is 2. The molecule has 0 bridgehead atoms. The highest BCUT2D eigenvalue weighted by molar-refractivity contribution is 7.13. The number of rotatable bonds is 10. The Morgan fingerprint density at radius 1 is 1.40 bits per heavy atom. The minimum atomic E-state index is 0.480.